The van der Waals surface area contributed by atoms with Gasteiger partial charge in [0, 0.05) is 12.8 Å². The van der Waals surface area contributed by atoms with Crippen molar-refractivity contribution in [2.24, 2.45) is 0 Å². The molecule has 0 unspecified atom stereocenters. The third-order valence-corrected chi connectivity index (χ3v) is 9.88. The van der Waals surface area contributed by atoms with Crippen molar-refractivity contribution in [1.29, 1.82) is 0 Å². The largest absolute Gasteiger partial charge is 0.460 e. The lowest BCUT2D eigenvalue weighted by Gasteiger charge is -2.44. The number of halogens is 42. The van der Waals surface area contributed by atoms with E-state index >= 15 is 0 Å². The smallest absolute Gasteiger partial charge is 0.200 e. The lowest BCUT2D eigenvalue weighted by Crippen LogP contribution is -2.76. The minimum Gasteiger partial charge on any atom is -0.200 e. The zero-order chi connectivity index (χ0) is 59.1. The molecule has 72 heavy (non-hydrogen) atoms. The van der Waals surface area contributed by atoms with E-state index in [1.54, 1.807) is 0 Å². The Bertz CT molecular complexity index is 1680. The van der Waals surface area contributed by atoms with Crippen LogP contribution in [0.25, 0.3) is 0 Å². The van der Waals surface area contributed by atoms with Crippen LogP contribution in [-0.4, -0.2) is 119 Å². The van der Waals surface area contributed by atoms with Crippen LogP contribution in [0.5, 0.6) is 0 Å². The van der Waals surface area contributed by atoms with Gasteiger partial charge < -0.3 is 0 Å². The summed E-state index contributed by atoms with van der Waals surface area (Å²) in [4.78, 5) is 0. The Morgan fingerprint density at radius 1 is 0.125 bits per heavy atom. The highest BCUT2D eigenvalue weighted by molar-refractivity contribution is 5.19. The van der Waals surface area contributed by atoms with Gasteiger partial charge in [-0.25, -0.2) is 0 Å². The van der Waals surface area contributed by atoms with E-state index in [1.807, 2.05) is 0 Å². The molecule has 0 radical (unpaired) electrons. The van der Waals surface area contributed by atoms with Crippen LogP contribution >= 0.6 is 0 Å². The minimum atomic E-state index is -9.42. The van der Waals surface area contributed by atoms with Crippen molar-refractivity contribution < 1.29 is 184 Å². The van der Waals surface area contributed by atoms with E-state index in [4.69, 9.17) is 0 Å². The van der Waals surface area contributed by atoms with Gasteiger partial charge in [0.2, 0.25) is 0 Å². The second-order valence-corrected chi connectivity index (χ2v) is 14.9. The molecule has 0 saturated carbocycles. The molecule has 0 aliphatic rings. The molecule has 0 bridgehead atoms. The summed E-state index contributed by atoms with van der Waals surface area (Å²) >= 11 is 0. The average Bonchev–Trinajstić information content (AvgIpc) is 3.16. The molecular formula is C30H20F42. The fourth-order valence-electron chi connectivity index (χ4n) is 5.25. The molecule has 0 fully saturated rings. The highest BCUT2D eigenvalue weighted by Crippen LogP contribution is 2.69. The molecule has 0 atom stereocenters. The van der Waals surface area contributed by atoms with E-state index in [-0.39, 0.29) is 0 Å². The third kappa shape index (κ3) is 9.66. The highest BCUT2D eigenvalue weighted by atomic mass is 19.5. The Labute approximate surface area is 368 Å². The van der Waals surface area contributed by atoms with Gasteiger partial charge >= 0.3 is 119 Å². The normalized spacial score (nSPS) is 16.8. The number of alkyl halides is 42. The van der Waals surface area contributed by atoms with Crippen LogP contribution in [0.4, 0.5) is 184 Å². The van der Waals surface area contributed by atoms with Gasteiger partial charge in [-0.2, -0.15) is 184 Å². The van der Waals surface area contributed by atoms with Gasteiger partial charge in [-0.05, 0) is 12.8 Å². The van der Waals surface area contributed by atoms with Gasteiger partial charge in [0.05, 0.1) is 0 Å². The van der Waals surface area contributed by atoms with Gasteiger partial charge in [0.15, 0.2) is 0 Å². The van der Waals surface area contributed by atoms with E-state index in [1.165, 1.54) is 0 Å². The summed E-state index contributed by atoms with van der Waals surface area (Å²) in [6.45, 7) is 0. The van der Waals surface area contributed by atoms with Crippen LogP contribution in [0.3, 0.4) is 0 Å². The van der Waals surface area contributed by atoms with Crippen LogP contribution in [0.2, 0.25) is 0 Å². The Hall–Kier alpha value is -2.94. The van der Waals surface area contributed by atoms with Crippen LogP contribution in [0.1, 0.15) is 64.2 Å². The number of rotatable bonds is 27. The topological polar surface area (TPSA) is 0 Å². The summed E-state index contributed by atoms with van der Waals surface area (Å²) in [6, 6.07) is 0. The monoisotopic (exact) mass is 1180 g/mol. The molecular weight excluding hydrogens is 1160 g/mol. The second-order valence-electron chi connectivity index (χ2n) is 14.9. The molecule has 0 saturated heterocycles. The molecule has 434 valence electrons. The van der Waals surface area contributed by atoms with E-state index in [0.717, 1.165) is 0 Å². The summed E-state index contributed by atoms with van der Waals surface area (Å²) < 4.78 is 566. The first kappa shape index (κ1) is 69.1. The Morgan fingerprint density at radius 3 is 0.375 bits per heavy atom. The lowest BCUT2D eigenvalue weighted by atomic mass is 9.85. The zero-order valence-corrected chi connectivity index (χ0v) is 32.9. The molecule has 0 N–H and O–H groups in total. The summed E-state index contributed by atoms with van der Waals surface area (Å²) in [7, 11) is 0. The van der Waals surface area contributed by atoms with E-state index < -0.39 is 183 Å². The fraction of sp³-hybridized carbons (Fsp3) is 1.00. The molecule has 0 heterocycles. The molecule has 42 heteroatoms. The first-order valence-electron chi connectivity index (χ1n) is 17.6. The van der Waals surface area contributed by atoms with Gasteiger partial charge in [-0.3, -0.25) is 0 Å². The summed E-state index contributed by atoms with van der Waals surface area (Å²) in [5, 5.41) is 0. The highest BCUT2D eigenvalue weighted by Gasteiger charge is 3.00. The molecule has 0 rings (SSSR count). The number of hydrogen-bond donors (Lipinski definition) is 0. The van der Waals surface area contributed by atoms with Crippen molar-refractivity contribution in [3.63, 3.8) is 0 Å². The lowest BCUT2D eigenvalue weighted by molar-refractivity contribution is -0.474. The van der Waals surface area contributed by atoms with Crippen molar-refractivity contribution in [3.8, 4) is 0 Å². The van der Waals surface area contributed by atoms with Crippen molar-refractivity contribution in [2.45, 2.75) is 183 Å². The Balaban J connectivity index is 5.92. The van der Waals surface area contributed by atoms with E-state index in [9.17, 15) is 184 Å². The van der Waals surface area contributed by atoms with Crippen LogP contribution < -0.4 is 0 Å². The summed E-state index contributed by atoms with van der Waals surface area (Å²) in [5.41, 5.74) is 0. The van der Waals surface area contributed by atoms with Gasteiger partial charge in [-0.1, -0.05) is 38.5 Å². The average molecular weight is 1180 g/mol. The summed E-state index contributed by atoms with van der Waals surface area (Å²) in [5.74, 6) is -158. The molecule has 0 aromatic heterocycles. The predicted molar refractivity (Wildman–Crippen MR) is 147 cm³/mol. The number of unbranched alkanes of at least 4 members (excludes halogenated alkanes) is 7. The van der Waals surface area contributed by atoms with Crippen molar-refractivity contribution in [1.82, 2.24) is 0 Å². The van der Waals surface area contributed by atoms with Crippen molar-refractivity contribution in [2.75, 3.05) is 0 Å². The van der Waals surface area contributed by atoms with Crippen molar-refractivity contribution in [3.05, 3.63) is 0 Å². The third-order valence-electron chi connectivity index (χ3n) is 9.88. The number of hydrogen-bond acceptors (Lipinski definition) is 0. The fourth-order valence-corrected chi connectivity index (χ4v) is 5.25. The van der Waals surface area contributed by atoms with Crippen LogP contribution in [0, 0.1) is 0 Å². The predicted octanol–water partition coefficient (Wildman–Crippen LogP) is 17.4. The maximum atomic E-state index is 14.1. The second kappa shape index (κ2) is 19.0. The van der Waals surface area contributed by atoms with Crippen molar-refractivity contribution >= 4 is 0 Å². The standard InChI is InChI=1S/C30H20F42/c31-11(32,13(35,36)15(39,40)17(43,44)19(47,48)21(51,52)23(55,56)25(59,60)27(63,64)29(67,68)69)9-7-5-3-1-2-4-6-8-10-12(33,34)14(37,38)16(41,42)18(45,46)20(49,50)22(53,54)24(57,58)26(61,62)28(65,66)30(70,71)72/h1-10H2. The Morgan fingerprint density at radius 2 is 0.236 bits per heavy atom. The molecule has 0 aliphatic carbocycles. The quantitative estimate of drug-likeness (QED) is 0.0568. The van der Waals surface area contributed by atoms with Gasteiger partial charge in [0.1, 0.15) is 0 Å². The summed E-state index contributed by atoms with van der Waals surface area (Å²) in [6.07, 6.45) is -31.4. The maximum Gasteiger partial charge on any atom is 0.460 e. The first-order valence-corrected chi connectivity index (χ1v) is 17.6. The molecule has 0 aliphatic heterocycles. The van der Waals surface area contributed by atoms with Crippen LogP contribution in [0.15, 0.2) is 0 Å². The zero-order valence-electron chi connectivity index (χ0n) is 32.9. The maximum absolute atomic E-state index is 14.1. The molecule has 0 aromatic rings. The van der Waals surface area contributed by atoms with Crippen LogP contribution in [-0.2, 0) is 0 Å². The SMILES string of the molecule is FC(F)(F)C(F)(F)C(F)(F)C(F)(F)C(F)(F)C(F)(F)C(F)(F)C(F)(F)C(F)(F)C(F)(F)CCCCCCCCCCC(F)(F)C(F)(F)C(F)(F)C(F)(F)C(F)(F)C(F)(F)C(F)(F)C(F)(F)C(F)(F)C(F)(F)F. The molecule has 0 amide bonds. The molecule has 0 nitrogen and oxygen atoms in total. The van der Waals surface area contributed by atoms with E-state index in [0.29, 0.717) is 0 Å². The van der Waals surface area contributed by atoms with Gasteiger partial charge in [-0.15, -0.1) is 0 Å². The van der Waals surface area contributed by atoms with Gasteiger partial charge in [0.25, 0.3) is 0 Å². The molecule has 0 spiro atoms. The first-order chi connectivity index (χ1) is 30.7. The minimum absolute atomic E-state index is 0.692. The molecule has 0 aromatic carbocycles. The van der Waals surface area contributed by atoms with E-state index in [2.05, 4.69) is 0 Å². The Kier molecular flexibility index (Phi) is 18.2.